The first-order chi connectivity index (χ1) is 21.4. The molecule has 2 saturated heterocycles. The van der Waals surface area contributed by atoms with Crippen molar-refractivity contribution in [2.45, 2.75) is 55.1 Å². The minimum atomic E-state index is -4.44. The predicted molar refractivity (Wildman–Crippen MR) is 154 cm³/mol. The first kappa shape index (κ1) is 31.3. The van der Waals surface area contributed by atoms with Gasteiger partial charge in [-0.1, -0.05) is 5.92 Å². The van der Waals surface area contributed by atoms with Gasteiger partial charge >= 0.3 is 6.72 Å². The summed E-state index contributed by atoms with van der Waals surface area (Å²) in [6.07, 6.45) is -1.93. The van der Waals surface area contributed by atoms with E-state index in [0.717, 1.165) is 6.33 Å². The van der Waals surface area contributed by atoms with Gasteiger partial charge in [0.25, 0.3) is 5.56 Å². The summed E-state index contributed by atoms with van der Waals surface area (Å²) in [5.41, 5.74) is 8.92. The second kappa shape index (κ2) is 11.6. The number of nitrogens with zero attached hydrogens (tertiary/aromatic N) is 7. The zero-order valence-corrected chi connectivity index (χ0v) is 24.5. The Morgan fingerprint density at radius 2 is 1.89 bits per heavy atom. The van der Waals surface area contributed by atoms with Crippen LogP contribution in [0, 0.1) is 12.3 Å². The van der Waals surface area contributed by atoms with Crippen LogP contribution in [0.15, 0.2) is 23.8 Å². The zero-order chi connectivity index (χ0) is 32.3. The van der Waals surface area contributed by atoms with Crippen LogP contribution >= 0.6 is 6.72 Å². The van der Waals surface area contributed by atoms with Gasteiger partial charge in [-0.3, -0.25) is 23.4 Å². The van der Waals surface area contributed by atoms with Gasteiger partial charge in [-0.2, -0.15) is 4.98 Å². The molecule has 45 heavy (non-hydrogen) atoms. The van der Waals surface area contributed by atoms with E-state index in [1.54, 1.807) is 0 Å². The average Bonchev–Trinajstić information content (AvgIpc) is 3.74. The molecule has 2 aliphatic rings. The number of aromatic amines is 1. The van der Waals surface area contributed by atoms with E-state index in [-0.39, 0.29) is 40.5 Å². The molecule has 1 unspecified atom stereocenters. The minimum Gasteiger partial charge on any atom is -0.396 e. The highest BCUT2D eigenvalue weighted by molar-refractivity contribution is 8.07. The van der Waals surface area contributed by atoms with Gasteiger partial charge in [0.05, 0.1) is 25.4 Å². The number of nitrogens with two attached hydrogens (primary N) is 2. The SMILES string of the molecule is C#C[C@]1(COP(O)(=S)O[C@@H]2[C@H](F)[C@@H](CCO)O[C@H]2n2cnc3c(=O)[nH]c(N)nc32)O[C@@H](n2cnc3c(N)ncnc32)[C@H](O)[C@@H]1O. The first-order valence-electron chi connectivity index (χ1n) is 13.1. The van der Waals surface area contributed by atoms with Crippen LogP contribution in [0.4, 0.5) is 16.2 Å². The van der Waals surface area contributed by atoms with Gasteiger partial charge in [-0.05, 0) is 18.2 Å². The molecule has 2 aliphatic heterocycles. The molecule has 0 aromatic carbocycles. The quantitative estimate of drug-likeness (QED) is 0.0749. The van der Waals surface area contributed by atoms with Crippen molar-refractivity contribution in [3.63, 3.8) is 0 Å². The molecular weight excluding hydrogens is 642 g/mol. The van der Waals surface area contributed by atoms with Gasteiger partial charge in [0.2, 0.25) is 5.95 Å². The van der Waals surface area contributed by atoms with Crippen LogP contribution in [0.1, 0.15) is 18.9 Å². The molecule has 0 amide bonds. The molecule has 22 heteroatoms. The summed E-state index contributed by atoms with van der Waals surface area (Å²) in [6, 6.07) is 0. The number of aromatic nitrogens is 8. The number of terminal acetylenes is 1. The fourth-order valence-electron chi connectivity index (χ4n) is 5.22. The maximum Gasteiger partial charge on any atom is 0.325 e. The van der Waals surface area contributed by atoms with E-state index in [2.05, 4.69) is 35.8 Å². The number of nitrogen functional groups attached to an aromatic ring is 2. The minimum absolute atomic E-state index is 0.0628. The third kappa shape index (κ3) is 5.34. The third-order valence-electron chi connectivity index (χ3n) is 7.43. The highest BCUT2D eigenvalue weighted by Gasteiger charge is 2.56. The molecule has 0 bridgehead atoms. The lowest BCUT2D eigenvalue weighted by Gasteiger charge is -2.30. The third-order valence-corrected chi connectivity index (χ3v) is 8.97. The molecule has 0 aliphatic carbocycles. The molecule has 0 saturated carbocycles. The number of imidazole rings is 2. The van der Waals surface area contributed by atoms with Crippen molar-refractivity contribution >= 4 is 52.6 Å². The summed E-state index contributed by atoms with van der Waals surface area (Å²) in [4.78, 5) is 45.7. The van der Waals surface area contributed by atoms with Crippen LogP contribution in [0.2, 0.25) is 0 Å². The number of aliphatic hydroxyl groups excluding tert-OH is 3. The fourth-order valence-corrected chi connectivity index (χ4v) is 6.62. The molecular formula is C23H26FN10O9PS. The number of fused-ring (bicyclic) bond motifs is 2. The first-order valence-corrected chi connectivity index (χ1v) is 15.7. The van der Waals surface area contributed by atoms with Gasteiger partial charge in [0.1, 0.15) is 30.2 Å². The fraction of sp³-hybridized carbons (Fsp3) is 0.478. The van der Waals surface area contributed by atoms with E-state index >= 15 is 4.39 Å². The standard InChI is InChI=1S/C23H26FN10O9PS/c1-2-23(15(37)13(36)20(42-23)33-7-29-11-16(25)27-6-28-17(11)33)5-40-44(39,45)43-14-10(24)9(3-4-35)41-21(14)34-8-30-12-18(34)31-22(26)32-19(12)38/h1,6-10,13-15,20-21,35-37H,3-5H2,(H,39,45)(H2,25,27,28)(H3,26,31,32,38)/t9-,10-,13-,14-,15+,20-,21-,23-,44?/m1/s1. The lowest BCUT2D eigenvalue weighted by molar-refractivity contribution is -0.0907. The molecule has 9 atom stereocenters. The van der Waals surface area contributed by atoms with E-state index in [4.69, 9.17) is 48.2 Å². The van der Waals surface area contributed by atoms with E-state index in [0.29, 0.717) is 0 Å². The van der Waals surface area contributed by atoms with Crippen molar-refractivity contribution in [3.05, 3.63) is 29.3 Å². The highest BCUT2D eigenvalue weighted by Crippen LogP contribution is 2.52. The number of H-pyrrole nitrogens is 1. The molecule has 2 fully saturated rings. The van der Waals surface area contributed by atoms with Crippen molar-refractivity contribution < 1.29 is 43.1 Å². The summed E-state index contributed by atoms with van der Waals surface area (Å²) in [7, 11) is 0. The molecule has 19 nitrogen and oxygen atoms in total. The molecule has 6 heterocycles. The Kier molecular flexibility index (Phi) is 8.07. The van der Waals surface area contributed by atoms with Crippen molar-refractivity contribution in [3.8, 4) is 12.3 Å². The van der Waals surface area contributed by atoms with Crippen LogP contribution in [0.3, 0.4) is 0 Å². The van der Waals surface area contributed by atoms with Crippen LogP contribution in [0.5, 0.6) is 0 Å². The van der Waals surface area contributed by atoms with Gasteiger partial charge in [-0.25, -0.2) is 24.3 Å². The summed E-state index contributed by atoms with van der Waals surface area (Å²) < 4.78 is 40.8. The number of ether oxygens (including phenoxy) is 2. The predicted octanol–water partition coefficient (Wildman–Crippen LogP) is -2.02. The number of aliphatic hydroxyl groups is 3. The summed E-state index contributed by atoms with van der Waals surface area (Å²) >= 11 is 5.16. The van der Waals surface area contributed by atoms with E-state index in [1.807, 2.05) is 0 Å². The van der Waals surface area contributed by atoms with Crippen LogP contribution < -0.4 is 17.0 Å². The van der Waals surface area contributed by atoms with Crippen LogP contribution in [-0.2, 0) is 30.3 Å². The number of halogens is 1. The molecule has 4 aromatic heterocycles. The van der Waals surface area contributed by atoms with Gasteiger partial charge < -0.3 is 45.7 Å². The number of hydrogen-bond acceptors (Lipinski definition) is 16. The van der Waals surface area contributed by atoms with Crippen molar-refractivity contribution in [2.24, 2.45) is 0 Å². The Morgan fingerprint density at radius 1 is 1.18 bits per heavy atom. The van der Waals surface area contributed by atoms with E-state index in [1.165, 1.54) is 21.8 Å². The van der Waals surface area contributed by atoms with Gasteiger partial charge in [0, 0.05) is 6.61 Å². The number of alkyl halides is 1. The Bertz CT molecular complexity index is 1900. The Morgan fingerprint density at radius 3 is 2.60 bits per heavy atom. The number of anilines is 2. The average molecular weight is 669 g/mol. The van der Waals surface area contributed by atoms with Gasteiger partial charge in [0.15, 0.2) is 46.9 Å². The highest BCUT2D eigenvalue weighted by atomic mass is 32.5. The lowest BCUT2D eigenvalue weighted by atomic mass is 9.97. The summed E-state index contributed by atoms with van der Waals surface area (Å²) in [5.74, 6) is 2.05. The number of hydrogen-bond donors (Lipinski definition) is 7. The zero-order valence-electron chi connectivity index (χ0n) is 22.8. The Balaban J connectivity index is 1.24. The van der Waals surface area contributed by atoms with Crippen LogP contribution in [0.25, 0.3) is 22.3 Å². The molecule has 4 aromatic rings. The summed E-state index contributed by atoms with van der Waals surface area (Å²) in [5, 5.41) is 31.2. The Labute approximate surface area is 256 Å². The van der Waals surface area contributed by atoms with Crippen molar-refractivity contribution in [1.82, 2.24) is 39.0 Å². The lowest BCUT2D eigenvalue weighted by Crippen LogP contribution is -2.45. The molecule has 240 valence electrons. The second-order valence-electron chi connectivity index (χ2n) is 10.2. The van der Waals surface area contributed by atoms with Gasteiger partial charge in [-0.15, -0.1) is 6.42 Å². The summed E-state index contributed by atoms with van der Waals surface area (Å²) in [6.45, 7) is -5.70. The molecule has 6 rings (SSSR count). The molecule has 9 N–H and O–H groups in total. The Hall–Kier alpha value is -3.68. The van der Waals surface area contributed by atoms with Crippen molar-refractivity contribution in [2.75, 3.05) is 24.7 Å². The van der Waals surface area contributed by atoms with Crippen molar-refractivity contribution in [1.29, 1.82) is 0 Å². The monoisotopic (exact) mass is 668 g/mol. The number of nitrogens with one attached hydrogen (secondary N) is 1. The van der Waals surface area contributed by atoms with Crippen LogP contribution in [-0.4, -0.2) is 109 Å². The smallest absolute Gasteiger partial charge is 0.325 e. The maximum absolute atomic E-state index is 15.7. The second-order valence-corrected chi connectivity index (χ2v) is 13.0. The maximum atomic E-state index is 15.7. The van der Waals surface area contributed by atoms with E-state index < -0.39 is 74.1 Å². The number of rotatable bonds is 9. The largest absolute Gasteiger partial charge is 0.396 e. The molecule has 0 radical (unpaired) electrons. The normalized spacial score (nSPS) is 31.4. The topological polar surface area (TPSA) is 277 Å². The van der Waals surface area contributed by atoms with E-state index in [9.17, 15) is 25.0 Å². The molecule has 0 spiro atoms.